The summed E-state index contributed by atoms with van der Waals surface area (Å²) in [6.07, 6.45) is 8.25. The second-order valence-electron chi connectivity index (χ2n) is 6.57. The molecule has 1 fully saturated rings. The third-order valence-corrected chi connectivity index (χ3v) is 5.23. The van der Waals surface area contributed by atoms with E-state index in [0.717, 1.165) is 28.5 Å². The monoisotopic (exact) mass is 355 g/mol. The van der Waals surface area contributed by atoms with Crippen LogP contribution >= 0.6 is 11.6 Å². The number of ether oxygens (including phenoxy) is 1. The summed E-state index contributed by atoms with van der Waals surface area (Å²) < 4.78 is 7.48. The van der Waals surface area contributed by atoms with Crippen LogP contribution in [0.1, 0.15) is 32.1 Å². The molecule has 25 heavy (non-hydrogen) atoms. The SMILES string of the molecule is COc1ccc2nc(-c3ccccc3Cl)c(NC3CCCCC3)n2c1. The van der Waals surface area contributed by atoms with Crippen LogP contribution in [0.2, 0.25) is 5.02 Å². The molecule has 0 aliphatic heterocycles. The van der Waals surface area contributed by atoms with Crippen LogP contribution in [0.5, 0.6) is 5.75 Å². The molecule has 4 nitrogen and oxygen atoms in total. The van der Waals surface area contributed by atoms with Crippen LogP contribution in [0.3, 0.4) is 0 Å². The number of benzene rings is 1. The molecule has 0 spiro atoms. The number of pyridine rings is 1. The molecule has 2 aromatic heterocycles. The summed E-state index contributed by atoms with van der Waals surface area (Å²) in [4.78, 5) is 4.85. The van der Waals surface area contributed by atoms with Crippen molar-refractivity contribution < 1.29 is 4.74 Å². The quantitative estimate of drug-likeness (QED) is 0.680. The number of hydrogen-bond donors (Lipinski definition) is 1. The Balaban J connectivity index is 1.85. The molecule has 3 aromatic rings. The molecule has 0 unspecified atom stereocenters. The number of hydrogen-bond acceptors (Lipinski definition) is 3. The largest absolute Gasteiger partial charge is 0.495 e. The maximum Gasteiger partial charge on any atom is 0.139 e. The average molecular weight is 356 g/mol. The molecule has 0 saturated heterocycles. The number of methoxy groups -OCH3 is 1. The summed E-state index contributed by atoms with van der Waals surface area (Å²) in [6, 6.07) is 12.3. The lowest BCUT2D eigenvalue weighted by Crippen LogP contribution is -2.23. The van der Waals surface area contributed by atoms with Crippen molar-refractivity contribution in [3.63, 3.8) is 0 Å². The number of nitrogens with zero attached hydrogens (tertiary/aromatic N) is 2. The second kappa shape index (κ2) is 6.96. The van der Waals surface area contributed by atoms with Crippen molar-refractivity contribution in [3.05, 3.63) is 47.6 Å². The Bertz CT molecular complexity index is 884. The number of nitrogens with one attached hydrogen (secondary N) is 1. The third kappa shape index (κ3) is 3.19. The van der Waals surface area contributed by atoms with Gasteiger partial charge in [-0.1, -0.05) is 49.1 Å². The maximum absolute atomic E-state index is 6.46. The van der Waals surface area contributed by atoms with Crippen molar-refractivity contribution in [2.45, 2.75) is 38.1 Å². The first-order valence-corrected chi connectivity index (χ1v) is 9.21. The Morgan fingerprint density at radius 3 is 2.68 bits per heavy atom. The highest BCUT2D eigenvalue weighted by atomic mass is 35.5. The Morgan fingerprint density at radius 2 is 1.92 bits per heavy atom. The van der Waals surface area contributed by atoms with E-state index in [4.69, 9.17) is 21.3 Å². The van der Waals surface area contributed by atoms with E-state index in [1.54, 1.807) is 7.11 Å². The average Bonchev–Trinajstić information content (AvgIpc) is 3.00. The van der Waals surface area contributed by atoms with Gasteiger partial charge in [-0.05, 0) is 31.0 Å². The van der Waals surface area contributed by atoms with Gasteiger partial charge >= 0.3 is 0 Å². The molecule has 5 heteroatoms. The van der Waals surface area contributed by atoms with Crippen LogP contribution in [-0.4, -0.2) is 22.5 Å². The van der Waals surface area contributed by atoms with Crippen molar-refractivity contribution in [1.82, 2.24) is 9.38 Å². The summed E-state index contributed by atoms with van der Waals surface area (Å²) in [6.45, 7) is 0. The molecule has 0 radical (unpaired) electrons. The number of fused-ring (bicyclic) bond motifs is 1. The van der Waals surface area contributed by atoms with E-state index in [2.05, 4.69) is 9.72 Å². The van der Waals surface area contributed by atoms with Gasteiger partial charge in [-0.25, -0.2) is 4.98 Å². The van der Waals surface area contributed by atoms with Gasteiger partial charge in [-0.3, -0.25) is 4.40 Å². The summed E-state index contributed by atoms with van der Waals surface area (Å²) in [5.41, 5.74) is 2.73. The van der Waals surface area contributed by atoms with Crippen LogP contribution in [0, 0.1) is 0 Å². The minimum atomic E-state index is 0.473. The minimum absolute atomic E-state index is 0.473. The van der Waals surface area contributed by atoms with Crippen LogP contribution in [-0.2, 0) is 0 Å². The smallest absolute Gasteiger partial charge is 0.139 e. The number of aromatic nitrogens is 2. The van der Waals surface area contributed by atoms with E-state index in [9.17, 15) is 0 Å². The lowest BCUT2D eigenvalue weighted by molar-refractivity contribution is 0.412. The van der Waals surface area contributed by atoms with E-state index in [0.29, 0.717) is 11.1 Å². The fraction of sp³-hybridized carbons (Fsp3) is 0.350. The Hall–Kier alpha value is -2.20. The lowest BCUT2D eigenvalue weighted by Gasteiger charge is -2.24. The Morgan fingerprint density at radius 1 is 1.12 bits per heavy atom. The normalized spacial score (nSPS) is 15.4. The maximum atomic E-state index is 6.46. The zero-order valence-corrected chi connectivity index (χ0v) is 15.1. The van der Waals surface area contributed by atoms with E-state index in [-0.39, 0.29) is 0 Å². The summed E-state index contributed by atoms with van der Waals surface area (Å²) in [5.74, 6) is 1.80. The van der Waals surface area contributed by atoms with Crippen molar-refractivity contribution in [2.24, 2.45) is 0 Å². The highest BCUT2D eigenvalue weighted by molar-refractivity contribution is 6.33. The minimum Gasteiger partial charge on any atom is -0.495 e. The second-order valence-corrected chi connectivity index (χ2v) is 6.97. The molecule has 0 bridgehead atoms. The predicted octanol–water partition coefficient (Wildman–Crippen LogP) is 5.41. The highest BCUT2D eigenvalue weighted by Gasteiger charge is 2.21. The van der Waals surface area contributed by atoms with Gasteiger partial charge in [-0.2, -0.15) is 0 Å². The molecule has 1 aliphatic rings. The fourth-order valence-electron chi connectivity index (χ4n) is 3.57. The van der Waals surface area contributed by atoms with Gasteiger partial charge in [0.2, 0.25) is 0 Å². The molecule has 1 aromatic carbocycles. The van der Waals surface area contributed by atoms with Crippen molar-refractivity contribution in [2.75, 3.05) is 12.4 Å². The van der Waals surface area contributed by atoms with Crippen LogP contribution in [0.4, 0.5) is 5.82 Å². The van der Waals surface area contributed by atoms with E-state index >= 15 is 0 Å². The predicted molar refractivity (Wildman–Crippen MR) is 103 cm³/mol. The van der Waals surface area contributed by atoms with Gasteiger partial charge in [0.05, 0.1) is 18.3 Å². The van der Waals surface area contributed by atoms with Gasteiger partial charge < -0.3 is 10.1 Å². The topological polar surface area (TPSA) is 38.6 Å². The van der Waals surface area contributed by atoms with Gasteiger partial charge in [-0.15, -0.1) is 0 Å². The van der Waals surface area contributed by atoms with E-state index in [1.165, 1.54) is 32.1 Å². The molecule has 1 N–H and O–H groups in total. The zero-order valence-electron chi connectivity index (χ0n) is 14.3. The molecule has 0 amide bonds. The molecular weight excluding hydrogens is 334 g/mol. The van der Waals surface area contributed by atoms with Gasteiger partial charge in [0.25, 0.3) is 0 Å². The third-order valence-electron chi connectivity index (χ3n) is 4.90. The highest BCUT2D eigenvalue weighted by Crippen LogP contribution is 2.35. The van der Waals surface area contributed by atoms with Gasteiger partial charge in [0, 0.05) is 11.6 Å². The van der Waals surface area contributed by atoms with Gasteiger partial charge in [0.15, 0.2) is 0 Å². The lowest BCUT2D eigenvalue weighted by atomic mass is 9.95. The fourth-order valence-corrected chi connectivity index (χ4v) is 3.79. The van der Waals surface area contributed by atoms with Crippen molar-refractivity contribution in [3.8, 4) is 17.0 Å². The number of halogens is 1. The van der Waals surface area contributed by atoms with E-state index in [1.807, 2.05) is 42.6 Å². The molecule has 0 atom stereocenters. The molecule has 4 rings (SSSR count). The van der Waals surface area contributed by atoms with Gasteiger partial charge in [0.1, 0.15) is 22.9 Å². The summed E-state index contributed by atoms with van der Waals surface area (Å²) in [7, 11) is 1.68. The molecule has 130 valence electrons. The molecule has 1 aliphatic carbocycles. The van der Waals surface area contributed by atoms with Crippen LogP contribution in [0.25, 0.3) is 16.9 Å². The van der Waals surface area contributed by atoms with Crippen molar-refractivity contribution in [1.29, 1.82) is 0 Å². The van der Waals surface area contributed by atoms with Crippen molar-refractivity contribution >= 4 is 23.1 Å². The summed E-state index contributed by atoms with van der Waals surface area (Å²) >= 11 is 6.46. The first kappa shape index (κ1) is 16.3. The number of imidazole rings is 1. The Labute approximate surface area is 152 Å². The standard InChI is InChI=1S/C20H22ClN3O/c1-25-15-11-12-18-23-19(16-9-5-6-10-17(16)21)20(24(18)13-15)22-14-7-3-2-4-8-14/h5-6,9-14,22H,2-4,7-8H2,1H3. The summed E-state index contributed by atoms with van der Waals surface area (Å²) in [5, 5.41) is 4.45. The number of rotatable bonds is 4. The van der Waals surface area contributed by atoms with Crippen LogP contribution < -0.4 is 10.1 Å². The number of anilines is 1. The zero-order chi connectivity index (χ0) is 17.2. The Kier molecular flexibility index (Phi) is 4.53. The van der Waals surface area contributed by atoms with E-state index < -0.39 is 0 Å². The molecular formula is C20H22ClN3O. The molecule has 1 saturated carbocycles. The first-order chi connectivity index (χ1) is 12.3. The first-order valence-electron chi connectivity index (χ1n) is 8.84. The molecule has 2 heterocycles. The van der Waals surface area contributed by atoms with Crippen LogP contribution in [0.15, 0.2) is 42.6 Å².